The molecule has 3 heterocycles. The van der Waals surface area contributed by atoms with Gasteiger partial charge in [0.05, 0.1) is 18.6 Å². The molecule has 110 valence electrons. The van der Waals surface area contributed by atoms with Crippen molar-refractivity contribution >= 4 is 16.9 Å². The van der Waals surface area contributed by atoms with Gasteiger partial charge in [0, 0.05) is 0 Å². The van der Waals surface area contributed by atoms with E-state index in [1.54, 1.807) is 10.9 Å². The second kappa shape index (κ2) is 4.02. The number of halogens is 1. The number of nitrogens with two attached hydrogens (primary N) is 1. The Balaban J connectivity index is 1.82. The number of pyridine rings is 1. The van der Waals surface area contributed by atoms with Gasteiger partial charge in [0.1, 0.15) is 29.1 Å². The summed E-state index contributed by atoms with van der Waals surface area (Å²) in [6.45, 7) is 3.75. The Bertz CT molecular complexity index is 755. The number of imidazole rings is 1. The maximum Gasteiger partial charge on any atom is 0.169 e. The van der Waals surface area contributed by atoms with E-state index in [4.69, 9.17) is 15.2 Å². The zero-order valence-electron chi connectivity index (χ0n) is 11.7. The molecular formula is C14H15FN4O2. The van der Waals surface area contributed by atoms with Gasteiger partial charge in [-0.15, -0.1) is 0 Å². The minimum Gasteiger partial charge on any atom is -0.382 e. The average Bonchev–Trinajstić information content (AvgIpc) is 3.05. The molecular weight excluding hydrogens is 275 g/mol. The molecule has 0 aromatic carbocycles. The lowest BCUT2D eigenvalue weighted by molar-refractivity contribution is -0.146. The molecule has 1 fully saturated rings. The Hall–Kier alpha value is -1.99. The number of hydrogen-bond acceptors (Lipinski definition) is 5. The number of hydrogen-bond donors (Lipinski definition) is 1. The van der Waals surface area contributed by atoms with E-state index in [9.17, 15) is 4.39 Å². The third kappa shape index (κ3) is 1.77. The summed E-state index contributed by atoms with van der Waals surface area (Å²) in [5, 5.41) is 0. The van der Waals surface area contributed by atoms with Crippen molar-refractivity contribution in [2.45, 2.75) is 37.9 Å². The molecule has 7 heteroatoms. The van der Waals surface area contributed by atoms with Crippen molar-refractivity contribution in [2.24, 2.45) is 0 Å². The lowest BCUT2D eigenvalue weighted by atomic mass is 10.2. The molecule has 2 N–H and O–H groups in total. The highest BCUT2D eigenvalue weighted by molar-refractivity contribution is 5.85. The van der Waals surface area contributed by atoms with Crippen molar-refractivity contribution in [3.63, 3.8) is 0 Å². The van der Waals surface area contributed by atoms with Crippen LogP contribution in [0.4, 0.5) is 10.2 Å². The van der Waals surface area contributed by atoms with E-state index >= 15 is 0 Å². The van der Waals surface area contributed by atoms with Crippen molar-refractivity contribution in [3.8, 4) is 0 Å². The van der Waals surface area contributed by atoms with Crippen LogP contribution in [-0.4, -0.2) is 32.5 Å². The zero-order chi connectivity index (χ0) is 14.8. The standard InChI is InChI=1S/C14H15FN4O2/c1-14(2)20-9-4-3-8(12(9)21-14)19-6-18-10-7(15)5-17-13(16)11(10)19/h3-6,8-9,12H,1-2H3,(H2,16,17)/t8-,9-,12+/m1/s1. The second-order valence-corrected chi connectivity index (χ2v) is 5.78. The first-order valence-corrected chi connectivity index (χ1v) is 6.77. The normalized spacial score (nSPS) is 30.1. The van der Waals surface area contributed by atoms with Crippen molar-refractivity contribution in [1.29, 1.82) is 0 Å². The number of aromatic nitrogens is 3. The molecule has 2 aromatic rings. The lowest BCUT2D eigenvalue weighted by Crippen LogP contribution is -2.27. The van der Waals surface area contributed by atoms with Crippen molar-refractivity contribution in [3.05, 3.63) is 30.5 Å². The number of ether oxygens (including phenoxy) is 2. The molecule has 0 spiro atoms. The minimum absolute atomic E-state index is 0.120. The largest absolute Gasteiger partial charge is 0.382 e. The molecule has 1 saturated heterocycles. The van der Waals surface area contributed by atoms with Crippen LogP contribution in [0, 0.1) is 5.82 Å². The van der Waals surface area contributed by atoms with Crippen LogP contribution in [0.15, 0.2) is 24.7 Å². The van der Waals surface area contributed by atoms with Crippen molar-refractivity contribution in [1.82, 2.24) is 14.5 Å². The van der Waals surface area contributed by atoms with Gasteiger partial charge >= 0.3 is 0 Å². The van der Waals surface area contributed by atoms with Crippen LogP contribution in [0.3, 0.4) is 0 Å². The predicted molar refractivity (Wildman–Crippen MR) is 73.9 cm³/mol. The molecule has 6 nitrogen and oxygen atoms in total. The first kappa shape index (κ1) is 12.7. The van der Waals surface area contributed by atoms with E-state index < -0.39 is 11.6 Å². The molecule has 1 aliphatic carbocycles. The summed E-state index contributed by atoms with van der Waals surface area (Å²) in [4.78, 5) is 7.98. The molecule has 0 bridgehead atoms. The summed E-state index contributed by atoms with van der Waals surface area (Å²) >= 11 is 0. The quantitative estimate of drug-likeness (QED) is 0.810. The van der Waals surface area contributed by atoms with Crippen LogP contribution in [0.25, 0.3) is 11.0 Å². The topological polar surface area (TPSA) is 75.2 Å². The summed E-state index contributed by atoms with van der Waals surface area (Å²) in [6, 6.07) is -0.146. The molecule has 21 heavy (non-hydrogen) atoms. The van der Waals surface area contributed by atoms with Crippen LogP contribution >= 0.6 is 0 Å². The lowest BCUT2D eigenvalue weighted by Gasteiger charge is -2.22. The number of anilines is 1. The van der Waals surface area contributed by atoms with Crippen LogP contribution in [0.5, 0.6) is 0 Å². The Morgan fingerprint density at radius 3 is 2.90 bits per heavy atom. The minimum atomic E-state index is -0.635. The average molecular weight is 290 g/mol. The summed E-state index contributed by atoms with van der Waals surface area (Å²) in [5.74, 6) is -0.872. The van der Waals surface area contributed by atoms with Gasteiger partial charge in [-0.1, -0.05) is 12.2 Å². The highest BCUT2D eigenvalue weighted by Crippen LogP contribution is 2.41. The fraction of sp³-hybridized carbons (Fsp3) is 0.429. The van der Waals surface area contributed by atoms with E-state index in [1.165, 1.54) is 0 Å². The number of fused-ring (bicyclic) bond motifs is 2. The fourth-order valence-electron chi connectivity index (χ4n) is 3.08. The summed E-state index contributed by atoms with van der Waals surface area (Å²) < 4.78 is 27.3. The molecule has 0 saturated carbocycles. The van der Waals surface area contributed by atoms with E-state index in [2.05, 4.69) is 9.97 Å². The number of rotatable bonds is 1. The predicted octanol–water partition coefficient (Wildman–Crippen LogP) is 1.78. The van der Waals surface area contributed by atoms with Gasteiger partial charge in [-0.2, -0.15) is 0 Å². The molecule has 3 atom stereocenters. The van der Waals surface area contributed by atoms with E-state index in [0.717, 1.165) is 6.20 Å². The Morgan fingerprint density at radius 1 is 1.29 bits per heavy atom. The Morgan fingerprint density at radius 2 is 2.10 bits per heavy atom. The number of nitrogens with zero attached hydrogens (tertiary/aromatic N) is 3. The van der Waals surface area contributed by atoms with Crippen LogP contribution in [0.2, 0.25) is 0 Å². The van der Waals surface area contributed by atoms with Crippen LogP contribution in [-0.2, 0) is 9.47 Å². The molecule has 0 amide bonds. The van der Waals surface area contributed by atoms with Gasteiger partial charge in [-0.3, -0.25) is 0 Å². The summed E-state index contributed by atoms with van der Waals surface area (Å²) in [5.41, 5.74) is 6.60. The van der Waals surface area contributed by atoms with Gasteiger partial charge in [0.25, 0.3) is 0 Å². The van der Waals surface area contributed by atoms with Crippen LogP contribution < -0.4 is 5.73 Å². The zero-order valence-corrected chi connectivity index (χ0v) is 11.7. The van der Waals surface area contributed by atoms with E-state index in [0.29, 0.717) is 5.52 Å². The molecule has 1 aliphatic heterocycles. The summed E-state index contributed by atoms with van der Waals surface area (Å²) in [6.07, 6.45) is 6.28. The smallest absolute Gasteiger partial charge is 0.169 e. The third-order valence-electron chi connectivity index (χ3n) is 3.90. The van der Waals surface area contributed by atoms with Gasteiger partial charge < -0.3 is 19.8 Å². The van der Waals surface area contributed by atoms with Crippen molar-refractivity contribution in [2.75, 3.05) is 5.73 Å². The van der Waals surface area contributed by atoms with Gasteiger partial charge in [-0.05, 0) is 13.8 Å². The van der Waals surface area contributed by atoms with E-state index in [1.807, 2.05) is 26.0 Å². The van der Waals surface area contributed by atoms with Crippen molar-refractivity contribution < 1.29 is 13.9 Å². The van der Waals surface area contributed by atoms with Gasteiger partial charge in [0.2, 0.25) is 0 Å². The molecule has 2 aromatic heterocycles. The summed E-state index contributed by atoms with van der Waals surface area (Å²) in [7, 11) is 0. The first-order valence-electron chi connectivity index (χ1n) is 6.77. The third-order valence-corrected chi connectivity index (χ3v) is 3.90. The molecule has 2 aliphatic rings. The van der Waals surface area contributed by atoms with Crippen LogP contribution in [0.1, 0.15) is 19.9 Å². The van der Waals surface area contributed by atoms with Gasteiger partial charge in [-0.25, -0.2) is 14.4 Å². The SMILES string of the molecule is CC1(C)O[C@H]2[C@H](n3cnc4c(F)cnc(N)c43)C=C[C@H]2O1. The first-order chi connectivity index (χ1) is 9.96. The molecule has 0 unspecified atom stereocenters. The maximum absolute atomic E-state index is 13.8. The van der Waals surface area contributed by atoms with Gasteiger partial charge in [0.15, 0.2) is 11.6 Å². The monoisotopic (exact) mass is 290 g/mol. The Labute approximate surface area is 120 Å². The highest BCUT2D eigenvalue weighted by atomic mass is 19.1. The number of nitrogen functional groups attached to an aromatic ring is 1. The second-order valence-electron chi connectivity index (χ2n) is 5.78. The Kier molecular flexibility index (Phi) is 2.44. The fourth-order valence-corrected chi connectivity index (χ4v) is 3.08. The highest BCUT2D eigenvalue weighted by Gasteiger charge is 2.47. The molecule has 0 radical (unpaired) electrons. The molecule has 4 rings (SSSR count). The van der Waals surface area contributed by atoms with E-state index in [-0.39, 0.29) is 29.6 Å². The maximum atomic E-state index is 13.8.